The Hall–Kier alpha value is -2.37. The largest absolute Gasteiger partial charge is 0.493 e. The predicted octanol–water partition coefficient (Wildman–Crippen LogP) is 3.73. The van der Waals surface area contributed by atoms with Gasteiger partial charge in [-0.1, -0.05) is 47.6 Å². The first-order chi connectivity index (χ1) is 11.8. The number of nitrogens with zero attached hydrogens (tertiary/aromatic N) is 2. The fraction of sp³-hybridized carbons (Fsp3) is 0.263. The molecule has 0 saturated heterocycles. The molecule has 0 fully saturated rings. The predicted molar refractivity (Wildman–Crippen MR) is 97.9 cm³/mol. The number of para-hydroxylation sites is 1. The van der Waals surface area contributed by atoms with Gasteiger partial charge in [0.05, 0.1) is 6.61 Å². The summed E-state index contributed by atoms with van der Waals surface area (Å²) in [6.07, 6.45) is 1.69. The second kappa shape index (κ2) is 7.68. The highest BCUT2D eigenvalue weighted by Gasteiger charge is 2.23. The van der Waals surface area contributed by atoms with Gasteiger partial charge in [0.25, 0.3) is 0 Å². The van der Waals surface area contributed by atoms with Crippen molar-refractivity contribution in [2.24, 2.45) is 5.73 Å². The van der Waals surface area contributed by atoms with Gasteiger partial charge in [-0.15, -0.1) is 12.4 Å². The van der Waals surface area contributed by atoms with Crippen molar-refractivity contribution in [3.63, 3.8) is 0 Å². The van der Waals surface area contributed by atoms with Gasteiger partial charge in [-0.2, -0.15) is 4.98 Å². The summed E-state index contributed by atoms with van der Waals surface area (Å²) >= 11 is 0. The lowest BCUT2D eigenvalue weighted by atomic mass is 9.90. The van der Waals surface area contributed by atoms with Crippen LogP contribution in [0.25, 0.3) is 11.4 Å². The second-order valence-electron chi connectivity index (χ2n) is 5.99. The summed E-state index contributed by atoms with van der Waals surface area (Å²) in [5, 5.41) is 4.11. The minimum Gasteiger partial charge on any atom is -0.493 e. The summed E-state index contributed by atoms with van der Waals surface area (Å²) in [5.41, 5.74) is 8.87. The Morgan fingerprint density at radius 2 is 1.88 bits per heavy atom. The highest BCUT2D eigenvalue weighted by Crippen LogP contribution is 2.35. The van der Waals surface area contributed by atoms with Gasteiger partial charge in [0.15, 0.2) is 0 Å². The van der Waals surface area contributed by atoms with E-state index in [0.29, 0.717) is 24.2 Å². The molecule has 0 aliphatic carbocycles. The van der Waals surface area contributed by atoms with Crippen LogP contribution in [0.1, 0.15) is 29.4 Å². The number of hydrogen-bond donors (Lipinski definition) is 1. The molecule has 1 unspecified atom stereocenters. The van der Waals surface area contributed by atoms with Crippen molar-refractivity contribution >= 4 is 12.4 Å². The molecule has 2 aromatic carbocycles. The van der Waals surface area contributed by atoms with Crippen LogP contribution in [0.15, 0.2) is 53.1 Å². The molecule has 130 valence electrons. The Morgan fingerprint density at radius 1 is 1.08 bits per heavy atom. The Labute approximate surface area is 152 Å². The Bertz CT molecular complexity index is 833. The molecule has 0 saturated carbocycles. The monoisotopic (exact) mass is 357 g/mol. The molecule has 1 atom stereocenters. The first kappa shape index (κ1) is 17.5. The first-order valence-electron chi connectivity index (χ1n) is 8.17. The normalized spacial score (nSPS) is 15.8. The lowest BCUT2D eigenvalue weighted by molar-refractivity contribution is 0.259. The zero-order chi connectivity index (χ0) is 16.4. The van der Waals surface area contributed by atoms with Crippen LogP contribution in [-0.2, 0) is 13.0 Å². The maximum Gasteiger partial charge on any atom is 0.227 e. The minimum atomic E-state index is 0. The fourth-order valence-corrected chi connectivity index (χ4v) is 3.08. The van der Waals surface area contributed by atoms with Crippen molar-refractivity contribution in [3.05, 3.63) is 65.5 Å². The fourth-order valence-electron chi connectivity index (χ4n) is 3.08. The third kappa shape index (κ3) is 3.67. The van der Waals surface area contributed by atoms with Crippen LogP contribution in [0.4, 0.5) is 0 Å². The topological polar surface area (TPSA) is 74.2 Å². The third-order valence-electron chi connectivity index (χ3n) is 4.42. The average Bonchev–Trinajstić information content (AvgIpc) is 3.11. The van der Waals surface area contributed by atoms with E-state index in [0.717, 1.165) is 36.3 Å². The van der Waals surface area contributed by atoms with Crippen LogP contribution in [0.3, 0.4) is 0 Å². The molecular formula is C19H20ClN3O2. The van der Waals surface area contributed by atoms with Gasteiger partial charge in [-0.3, -0.25) is 0 Å². The van der Waals surface area contributed by atoms with Crippen molar-refractivity contribution in [3.8, 4) is 17.1 Å². The van der Waals surface area contributed by atoms with Crippen molar-refractivity contribution < 1.29 is 9.26 Å². The SMILES string of the molecule is Cl.NCc1ccc(-c2noc(CC3CCOc4ccccc43)n2)cc1. The molecule has 1 aromatic heterocycles. The molecule has 6 heteroatoms. The van der Waals surface area contributed by atoms with E-state index in [1.165, 1.54) is 5.56 Å². The quantitative estimate of drug-likeness (QED) is 0.770. The summed E-state index contributed by atoms with van der Waals surface area (Å²) < 4.78 is 11.2. The molecule has 25 heavy (non-hydrogen) atoms. The van der Waals surface area contributed by atoms with E-state index >= 15 is 0 Å². The van der Waals surface area contributed by atoms with Crippen molar-refractivity contribution in [2.45, 2.75) is 25.3 Å². The number of halogens is 1. The van der Waals surface area contributed by atoms with Crippen LogP contribution in [-0.4, -0.2) is 16.7 Å². The van der Waals surface area contributed by atoms with Crippen molar-refractivity contribution in [1.82, 2.24) is 10.1 Å². The summed E-state index contributed by atoms with van der Waals surface area (Å²) in [4.78, 5) is 4.55. The van der Waals surface area contributed by atoms with E-state index in [4.69, 9.17) is 15.0 Å². The molecule has 0 radical (unpaired) electrons. The second-order valence-corrected chi connectivity index (χ2v) is 5.99. The molecule has 4 rings (SSSR count). The number of fused-ring (bicyclic) bond motifs is 1. The van der Waals surface area contributed by atoms with Crippen LogP contribution in [0, 0.1) is 0 Å². The van der Waals surface area contributed by atoms with Gasteiger partial charge in [0.2, 0.25) is 11.7 Å². The van der Waals surface area contributed by atoms with Gasteiger partial charge < -0.3 is 15.0 Å². The molecule has 0 spiro atoms. The third-order valence-corrected chi connectivity index (χ3v) is 4.42. The lowest BCUT2D eigenvalue weighted by Gasteiger charge is -2.24. The van der Waals surface area contributed by atoms with E-state index in [1.807, 2.05) is 42.5 Å². The van der Waals surface area contributed by atoms with Crippen LogP contribution >= 0.6 is 12.4 Å². The molecule has 1 aliphatic rings. The van der Waals surface area contributed by atoms with Gasteiger partial charge in [0, 0.05) is 18.5 Å². The van der Waals surface area contributed by atoms with Gasteiger partial charge in [0.1, 0.15) is 5.75 Å². The molecule has 5 nitrogen and oxygen atoms in total. The molecular weight excluding hydrogens is 338 g/mol. The molecule has 2 N–H and O–H groups in total. The summed E-state index contributed by atoms with van der Waals surface area (Å²) in [6.45, 7) is 1.25. The van der Waals surface area contributed by atoms with Crippen LogP contribution in [0.2, 0.25) is 0 Å². The molecule has 1 aliphatic heterocycles. The average molecular weight is 358 g/mol. The smallest absolute Gasteiger partial charge is 0.227 e. The van der Waals surface area contributed by atoms with E-state index in [2.05, 4.69) is 16.2 Å². The van der Waals surface area contributed by atoms with E-state index in [-0.39, 0.29) is 12.4 Å². The Kier molecular flexibility index (Phi) is 5.36. The van der Waals surface area contributed by atoms with Crippen LogP contribution < -0.4 is 10.5 Å². The van der Waals surface area contributed by atoms with Gasteiger partial charge >= 0.3 is 0 Å². The highest BCUT2D eigenvalue weighted by molar-refractivity contribution is 5.85. The summed E-state index contributed by atoms with van der Waals surface area (Å²) in [5.74, 6) is 2.59. The van der Waals surface area contributed by atoms with Crippen LogP contribution in [0.5, 0.6) is 5.75 Å². The Morgan fingerprint density at radius 3 is 2.68 bits per heavy atom. The zero-order valence-electron chi connectivity index (χ0n) is 13.7. The Balaban J connectivity index is 0.00000182. The molecule has 2 heterocycles. The first-order valence-corrected chi connectivity index (χ1v) is 8.17. The highest BCUT2D eigenvalue weighted by atomic mass is 35.5. The summed E-state index contributed by atoms with van der Waals surface area (Å²) in [6, 6.07) is 16.1. The van der Waals surface area contributed by atoms with Crippen molar-refractivity contribution in [2.75, 3.05) is 6.61 Å². The maximum atomic E-state index is 5.71. The molecule has 3 aromatic rings. The molecule has 0 amide bonds. The number of benzene rings is 2. The van der Waals surface area contributed by atoms with Crippen molar-refractivity contribution in [1.29, 1.82) is 0 Å². The maximum absolute atomic E-state index is 5.71. The number of ether oxygens (including phenoxy) is 1. The number of hydrogen-bond acceptors (Lipinski definition) is 5. The lowest BCUT2D eigenvalue weighted by Crippen LogP contribution is -2.16. The van der Waals surface area contributed by atoms with E-state index in [9.17, 15) is 0 Å². The van der Waals surface area contributed by atoms with E-state index < -0.39 is 0 Å². The number of rotatable bonds is 4. The van der Waals surface area contributed by atoms with E-state index in [1.54, 1.807) is 0 Å². The number of aromatic nitrogens is 2. The summed E-state index contributed by atoms with van der Waals surface area (Å²) in [7, 11) is 0. The minimum absolute atomic E-state index is 0. The number of nitrogens with two attached hydrogens (primary N) is 1. The standard InChI is InChI=1S/C19H19N3O2.ClH/c20-12-13-5-7-14(8-6-13)19-21-18(24-22-19)11-15-9-10-23-17-4-2-1-3-16(15)17;/h1-8,15H,9-12,20H2;1H. The zero-order valence-corrected chi connectivity index (χ0v) is 14.5. The van der Waals surface area contributed by atoms with Gasteiger partial charge in [-0.05, 0) is 29.5 Å². The van der Waals surface area contributed by atoms with Gasteiger partial charge in [-0.25, -0.2) is 0 Å². The molecule has 0 bridgehead atoms.